The summed E-state index contributed by atoms with van der Waals surface area (Å²) in [5.41, 5.74) is 2.38. The molecule has 1 N–H and O–H groups in total. The lowest BCUT2D eigenvalue weighted by molar-refractivity contribution is 0.568. The molecule has 1 aromatic carbocycles. The van der Waals surface area contributed by atoms with E-state index < -0.39 is 0 Å². The van der Waals surface area contributed by atoms with Gasteiger partial charge in [-0.25, -0.2) is 4.98 Å². The molecule has 96 valence electrons. The monoisotopic (exact) mass is 243 g/mol. The molecule has 3 nitrogen and oxygen atoms in total. The van der Waals surface area contributed by atoms with Gasteiger partial charge in [-0.3, -0.25) is 0 Å². The molecule has 0 amide bonds. The van der Waals surface area contributed by atoms with Gasteiger partial charge in [0.15, 0.2) is 0 Å². The predicted octanol–water partition coefficient (Wildman–Crippen LogP) is 2.91. The van der Waals surface area contributed by atoms with Crippen molar-refractivity contribution in [2.75, 3.05) is 6.54 Å². The molecule has 1 aliphatic rings. The molecule has 3 rings (SSSR count). The highest BCUT2D eigenvalue weighted by atomic mass is 15.1. The van der Waals surface area contributed by atoms with Crippen molar-refractivity contribution in [1.29, 1.82) is 0 Å². The molecule has 0 atom stereocenters. The highest BCUT2D eigenvalue weighted by Crippen LogP contribution is 2.22. The molecule has 0 spiro atoms. The van der Waals surface area contributed by atoms with Crippen LogP contribution in [0, 0.1) is 0 Å². The van der Waals surface area contributed by atoms with Crippen LogP contribution in [0.2, 0.25) is 0 Å². The van der Waals surface area contributed by atoms with Crippen molar-refractivity contribution in [3.63, 3.8) is 0 Å². The second kappa shape index (κ2) is 4.73. The zero-order chi connectivity index (χ0) is 12.5. The summed E-state index contributed by atoms with van der Waals surface area (Å²) < 4.78 is 2.36. The van der Waals surface area contributed by atoms with E-state index >= 15 is 0 Å². The van der Waals surface area contributed by atoms with Crippen molar-refractivity contribution in [2.24, 2.45) is 0 Å². The zero-order valence-electron chi connectivity index (χ0n) is 11.2. The fourth-order valence-corrected chi connectivity index (χ4v) is 2.52. The Morgan fingerprint density at radius 3 is 2.83 bits per heavy atom. The van der Waals surface area contributed by atoms with Gasteiger partial charge < -0.3 is 9.88 Å². The van der Waals surface area contributed by atoms with Crippen LogP contribution in [0.25, 0.3) is 11.0 Å². The van der Waals surface area contributed by atoms with E-state index in [0.29, 0.717) is 6.04 Å². The lowest BCUT2D eigenvalue weighted by Gasteiger charge is -2.13. The molecule has 0 bridgehead atoms. The number of hydrogen-bond acceptors (Lipinski definition) is 2. The SMILES string of the molecule is CC(C)n1c(CCNC2CC2)nc2ccccc21. The summed E-state index contributed by atoms with van der Waals surface area (Å²) in [5, 5.41) is 3.56. The minimum atomic E-state index is 0.466. The molecule has 1 fully saturated rings. The summed E-state index contributed by atoms with van der Waals surface area (Å²) in [6.45, 7) is 5.50. The summed E-state index contributed by atoms with van der Waals surface area (Å²) in [6.07, 6.45) is 3.71. The zero-order valence-corrected chi connectivity index (χ0v) is 11.2. The molecule has 2 aromatic rings. The number of nitrogens with zero attached hydrogens (tertiary/aromatic N) is 2. The van der Waals surface area contributed by atoms with Crippen molar-refractivity contribution in [3.8, 4) is 0 Å². The van der Waals surface area contributed by atoms with E-state index in [9.17, 15) is 0 Å². The predicted molar refractivity (Wildman–Crippen MR) is 74.8 cm³/mol. The minimum absolute atomic E-state index is 0.466. The van der Waals surface area contributed by atoms with Crippen LogP contribution in [0.15, 0.2) is 24.3 Å². The Hall–Kier alpha value is -1.35. The Morgan fingerprint density at radius 2 is 2.11 bits per heavy atom. The number of aromatic nitrogens is 2. The number of fused-ring (bicyclic) bond motifs is 1. The topological polar surface area (TPSA) is 29.9 Å². The molecule has 0 radical (unpaired) electrons. The van der Waals surface area contributed by atoms with Gasteiger partial charge in [0, 0.05) is 25.0 Å². The summed E-state index contributed by atoms with van der Waals surface area (Å²) in [7, 11) is 0. The Kier molecular flexibility index (Phi) is 3.08. The van der Waals surface area contributed by atoms with E-state index in [2.05, 4.69) is 48.0 Å². The number of nitrogens with one attached hydrogen (secondary N) is 1. The van der Waals surface area contributed by atoms with Crippen LogP contribution in [-0.2, 0) is 6.42 Å². The van der Waals surface area contributed by atoms with E-state index in [-0.39, 0.29) is 0 Å². The average molecular weight is 243 g/mol. The van der Waals surface area contributed by atoms with Crippen molar-refractivity contribution in [1.82, 2.24) is 14.9 Å². The Balaban J connectivity index is 1.86. The largest absolute Gasteiger partial charge is 0.325 e. The fraction of sp³-hybridized carbons (Fsp3) is 0.533. The number of imidazole rings is 1. The number of hydrogen-bond donors (Lipinski definition) is 1. The van der Waals surface area contributed by atoms with Crippen LogP contribution in [0.1, 0.15) is 38.6 Å². The fourth-order valence-electron chi connectivity index (χ4n) is 2.52. The van der Waals surface area contributed by atoms with Crippen LogP contribution in [0.4, 0.5) is 0 Å². The molecule has 1 saturated carbocycles. The summed E-state index contributed by atoms with van der Waals surface area (Å²) in [5.74, 6) is 1.21. The molecule has 3 heteroatoms. The second-order valence-electron chi connectivity index (χ2n) is 5.46. The van der Waals surface area contributed by atoms with Crippen LogP contribution in [-0.4, -0.2) is 22.1 Å². The van der Waals surface area contributed by atoms with Gasteiger partial charge in [0.2, 0.25) is 0 Å². The van der Waals surface area contributed by atoms with E-state index in [1.165, 1.54) is 24.2 Å². The lowest BCUT2D eigenvalue weighted by Crippen LogP contribution is -2.21. The maximum Gasteiger partial charge on any atom is 0.111 e. The van der Waals surface area contributed by atoms with Crippen molar-refractivity contribution in [3.05, 3.63) is 30.1 Å². The summed E-state index contributed by atoms with van der Waals surface area (Å²) >= 11 is 0. The van der Waals surface area contributed by atoms with Gasteiger partial charge in [-0.15, -0.1) is 0 Å². The van der Waals surface area contributed by atoms with Crippen LogP contribution < -0.4 is 5.32 Å². The highest BCUT2D eigenvalue weighted by molar-refractivity contribution is 5.76. The summed E-state index contributed by atoms with van der Waals surface area (Å²) in [6, 6.07) is 9.67. The summed E-state index contributed by atoms with van der Waals surface area (Å²) in [4.78, 5) is 4.77. The number of benzene rings is 1. The van der Waals surface area contributed by atoms with Gasteiger partial charge in [-0.05, 0) is 38.8 Å². The molecule has 0 aliphatic heterocycles. The lowest BCUT2D eigenvalue weighted by atomic mass is 10.3. The van der Waals surface area contributed by atoms with Gasteiger partial charge in [0.25, 0.3) is 0 Å². The maximum atomic E-state index is 4.77. The first-order chi connectivity index (χ1) is 8.75. The Labute approximate surface area is 108 Å². The molecule has 18 heavy (non-hydrogen) atoms. The van der Waals surface area contributed by atoms with Gasteiger partial charge in [0.05, 0.1) is 11.0 Å². The third kappa shape index (κ3) is 2.27. The molecule has 1 heterocycles. The smallest absolute Gasteiger partial charge is 0.111 e. The minimum Gasteiger partial charge on any atom is -0.325 e. The number of para-hydroxylation sites is 2. The first-order valence-electron chi connectivity index (χ1n) is 6.95. The first kappa shape index (κ1) is 11.7. The molecular formula is C15H21N3. The normalized spacial score (nSPS) is 15.7. The second-order valence-corrected chi connectivity index (χ2v) is 5.46. The third-order valence-electron chi connectivity index (χ3n) is 3.54. The van der Waals surface area contributed by atoms with Gasteiger partial charge in [-0.1, -0.05) is 12.1 Å². The van der Waals surface area contributed by atoms with Crippen molar-refractivity contribution >= 4 is 11.0 Å². The van der Waals surface area contributed by atoms with Gasteiger partial charge >= 0.3 is 0 Å². The van der Waals surface area contributed by atoms with Crippen LogP contribution >= 0.6 is 0 Å². The standard InChI is InChI=1S/C15H21N3/c1-11(2)18-14-6-4-3-5-13(14)17-15(18)9-10-16-12-7-8-12/h3-6,11-12,16H,7-10H2,1-2H3. The number of rotatable bonds is 5. The van der Waals surface area contributed by atoms with E-state index in [1.54, 1.807) is 0 Å². The molecule has 1 aliphatic carbocycles. The Bertz CT molecular complexity index is 538. The van der Waals surface area contributed by atoms with Gasteiger partial charge in [0.1, 0.15) is 5.82 Å². The maximum absolute atomic E-state index is 4.77. The Morgan fingerprint density at radius 1 is 1.33 bits per heavy atom. The third-order valence-corrected chi connectivity index (χ3v) is 3.54. The average Bonchev–Trinajstić information content (AvgIpc) is 3.08. The van der Waals surface area contributed by atoms with Crippen molar-refractivity contribution < 1.29 is 0 Å². The van der Waals surface area contributed by atoms with E-state index in [4.69, 9.17) is 4.98 Å². The quantitative estimate of drug-likeness (QED) is 0.875. The highest BCUT2D eigenvalue weighted by Gasteiger charge is 2.20. The van der Waals surface area contributed by atoms with E-state index in [0.717, 1.165) is 24.5 Å². The molecular weight excluding hydrogens is 222 g/mol. The molecule has 0 unspecified atom stereocenters. The first-order valence-corrected chi connectivity index (χ1v) is 6.95. The molecule has 1 aromatic heterocycles. The van der Waals surface area contributed by atoms with Gasteiger partial charge in [-0.2, -0.15) is 0 Å². The molecule has 0 saturated heterocycles. The van der Waals surface area contributed by atoms with Crippen LogP contribution in [0.5, 0.6) is 0 Å². The van der Waals surface area contributed by atoms with E-state index in [1.807, 2.05) is 0 Å². The van der Waals surface area contributed by atoms with Crippen LogP contribution in [0.3, 0.4) is 0 Å². The van der Waals surface area contributed by atoms with Crippen molar-refractivity contribution in [2.45, 2.75) is 45.2 Å².